The van der Waals surface area contributed by atoms with Gasteiger partial charge >= 0.3 is 0 Å². The highest BCUT2D eigenvalue weighted by Crippen LogP contribution is 2.23. The third-order valence-corrected chi connectivity index (χ3v) is 4.90. The van der Waals surface area contributed by atoms with Crippen LogP contribution in [0.15, 0.2) is 12.1 Å². The van der Waals surface area contributed by atoms with Gasteiger partial charge in [0.15, 0.2) is 0 Å². The molecule has 1 aliphatic heterocycles. The lowest BCUT2D eigenvalue weighted by Gasteiger charge is -2.28. The summed E-state index contributed by atoms with van der Waals surface area (Å²) in [5.74, 6) is 1.80. The number of hydrogen-bond acceptors (Lipinski definition) is 4. The summed E-state index contributed by atoms with van der Waals surface area (Å²) in [6.07, 6.45) is 0. The number of piperazine rings is 1. The number of pyridine rings is 2. The second kappa shape index (κ2) is 7.01. The Bertz CT molecular complexity index is 849. The average Bonchev–Trinajstić information content (AvgIpc) is 2.60. The van der Waals surface area contributed by atoms with Crippen LogP contribution in [0.5, 0.6) is 0 Å². The molecule has 3 heterocycles. The molecule has 0 unspecified atom stereocenters. The van der Waals surface area contributed by atoms with Crippen LogP contribution in [0.4, 0.5) is 11.6 Å². The van der Waals surface area contributed by atoms with Gasteiger partial charge in [0.1, 0.15) is 49.4 Å². The zero-order valence-electron chi connectivity index (χ0n) is 15.8. The molecule has 26 heavy (non-hydrogen) atoms. The Morgan fingerprint density at radius 2 is 1.08 bits per heavy atom. The predicted molar refractivity (Wildman–Crippen MR) is 98.8 cm³/mol. The Hall–Kier alpha value is -3.12. The summed E-state index contributed by atoms with van der Waals surface area (Å²) >= 11 is 0. The van der Waals surface area contributed by atoms with Gasteiger partial charge in [-0.25, -0.2) is 9.97 Å². The number of aryl methyl sites for hydroxylation is 4. The third-order valence-electron chi connectivity index (χ3n) is 4.90. The SMILES string of the molecule is Cc1cc(C)c(C#N)c(N2CCN(c3[nH+]c(C)cc(C)c3C#N)CC2)[nH+]1. The van der Waals surface area contributed by atoms with E-state index in [2.05, 4.69) is 31.9 Å². The molecule has 0 radical (unpaired) electrons. The lowest BCUT2D eigenvalue weighted by molar-refractivity contribution is -0.376. The Kier molecular flexibility index (Phi) is 4.77. The molecule has 0 atom stereocenters. The largest absolute Gasteiger partial charge is 0.293 e. The molecule has 1 aliphatic rings. The van der Waals surface area contributed by atoms with E-state index in [1.165, 1.54) is 0 Å². The van der Waals surface area contributed by atoms with Gasteiger partial charge in [0.2, 0.25) is 0 Å². The number of H-pyrrole nitrogens is 2. The van der Waals surface area contributed by atoms with Gasteiger partial charge in [-0.05, 0) is 51.0 Å². The Labute approximate surface area is 154 Å². The highest BCUT2D eigenvalue weighted by molar-refractivity contribution is 5.57. The molecule has 0 spiro atoms. The molecule has 6 nitrogen and oxygen atoms in total. The smallest absolute Gasteiger partial charge is 0.253 e. The summed E-state index contributed by atoms with van der Waals surface area (Å²) in [6.45, 7) is 11.1. The van der Waals surface area contributed by atoms with E-state index in [1.54, 1.807) is 0 Å². The van der Waals surface area contributed by atoms with Crippen LogP contribution in [0.3, 0.4) is 0 Å². The van der Waals surface area contributed by atoms with Crippen molar-refractivity contribution in [1.29, 1.82) is 10.5 Å². The summed E-state index contributed by atoms with van der Waals surface area (Å²) < 4.78 is 0. The third kappa shape index (κ3) is 3.19. The first kappa shape index (κ1) is 17.7. The fourth-order valence-electron chi connectivity index (χ4n) is 3.65. The summed E-state index contributed by atoms with van der Waals surface area (Å²) in [6, 6.07) is 8.66. The zero-order valence-corrected chi connectivity index (χ0v) is 15.8. The number of hydrogen-bond donors (Lipinski definition) is 0. The maximum absolute atomic E-state index is 9.53. The normalized spacial score (nSPS) is 14.1. The topological polar surface area (TPSA) is 82.3 Å². The second-order valence-electron chi connectivity index (χ2n) is 6.92. The van der Waals surface area contributed by atoms with E-state index < -0.39 is 0 Å². The van der Waals surface area contributed by atoms with Gasteiger partial charge in [-0.1, -0.05) is 0 Å². The fourth-order valence-corrected chi connectivity index (χ4v) is 3.65. The van der Waals surface area contributed by atoms with Crippen molar-refractivity contribution in [3.05, 3.63) is 45.8 Å². The quantitative estimate of drug-likeness (QED) is 0.826. The first-order valence-corrected chi connectivity index (χ1v) is 8.81. The molecular weight excluding hydrogens is 324 g/mol. The summed E-state index contributed by atoms with van der Waals surface area (Å²) in [5.41, 5.74) is 5.51. The van der Waals surface area contributed by atoms with Gasteiger partial charge in [-0.15, -0.1) is 0 Å². The van der Waals surface area contributed by atoms with E-state index in [0.29, 0.717) is 11.1 Å². The highest BCUT2D eigenvalue weighted by atomic mass is 15.3. The molecule has 2 N–H and O–H groups in total. The van der Waals surface area contributed by atoms with Crippen molar-refractivity contribution in [2.75, 3.05) is 36.0 Å². The first-order chi connectivity index (χ1) is 12.4. The van der Waals surface area contributed by atoms with Crippen molar-refractivity contribution >= 4 is 11.6 Å². The molecule has 132 valence electrons. The van der Waals surface area contributed by atoms with Crippen LogP contribution < -0.4 is 19.8 Å². The van der Waals surface area contributed by atoms with Gasteiger partial charge < -0.3 is 0 Å². The molecule has 1 fully saturated rings. The van der Waals surface area contributed by atoms with Gasteiger partial charge in [0.05, 0.1) is 11.4 Å². The fraction of sp³-hybridized carbons (Fsp3) is 0.400. The number of rotatable bonds is 2. The van der Waals surface area contributed by atoms with Crippen molar-refractivity contribution < 1.29 is 9.97 Å². The van der Waals surface area contributed by atoms with E-state index in [1.807, 2.05) is 39.8 Å². The molecule has 0 saturated carbocycles. The van der Waals surface area contributed by atoms with Crippen LogP contribution in [0, 0.1) is 50.4 Å². The van der Waals surface area contributed by atoms with Crippen molar-refractivity contribution in [2.24, 2.45) is 0 Å². The average molecular weight is 348 g/mol. The molecular formula is C20H24N6+2. The highest BCUT2D eigenvalue weighted by Gasteiger charge is 2.33. The van der Waals surface area contributed by atoms with Gasteiger partial charge in [0.25, 0.3) is 11.6 Å². The minimum Gasteiger partial charge on any atom is -0.253 e. The number of aromatic nitrogens is 2. The number of anilines is 2. The molecule has 0 aromatic carbocycles. The monoisotopic (exact) mass is 348 g/mol. The summed E-state index contributed by atoms with van der Waals surface area (Å²) in [5, 5.41) is 19.1. The molecule has 2 aromatic rings. The maximum atomic E-state index is 9.53. The predicted octanol–water partition coefficient (Wildman–Crippen LogP) is 1.62. The van der Waals surface area contributed by atoms with Crippen LogP contribution in [0.2, 0.25) is 0 Å². The van der Waals surface area contributed by atoms with Crippen LogP contribution >= 0.6 is 0 Å². The number of nitriles is 2. The Morgan fingerprint density at radius 3 is 1.38 bits per heavy atom. The van der Waals surface area contributed by atoms with E-state index in [4.69, 9.17) is 0 Å². The minimum absolute atomic E-state index is 0.708. The number of nitrogens with one attached hydrogen (secondary N) is 2. The van der Waals surface area contributed by atoms with Crippen molar-refractivity contribution in [2.45, 2.75) is 27.7 Å². The van der Waals surface area contributed by atoms with Gasteiger partial charge in [-0.2, -0.15) is 10.5 Å². The van der Waals surface area contributed by atoms with Crippen molar-refractivity contribution in [1.82, 2.24) is 0 Å². The van der Waals surface area contributed by atoms with Gasteiger partial charge in [-0.3, -0.25) is 9.80 Å². The van der Waals surface area contributed by atoms with Crippen LogP contribution in [0.25, 0.3) is 0 Å². The van der Waals surface area contributed by atoms with Crippen LogP contribution in [-0.4, -0.2) is 26.2 Å². The maximum Gasteiger partial charge on any atom is 0.293 e. The van der Waals surface area contributed by atoms with Crippen molar-refractivity contribution in [3.8, 4) is 12.1 Å². The molecule has 3 rings (SSSR count). The van der Waals surface area contributed by atoms with Crippen LogP contribution in [0.1, 0.15) is 33.6 Å². The van der Waals surface area contributed by atoms with Crippen molar-refractivity contribution in [3.63, 3.8) is 0 Å². The molecule has 0 aliphatic carbocycles. The molecule has 0 amide bonds. The second-order valence-corrected chi connectivity index (χ2v) is 6.92. The molecule has 1 saturated heterocycles. The van der Waals surface area contributed by atoms with E-state index >= 15 is 0 Å². The van der Waals surface area contributed by atoms with Crippen LogP contribution in [-0.2, 0) is 0 Å². The zero-order chi connectivity index (χ0) is 18.8. The molecule has 2 aromatic heterocycles. The first-order valence-electron chi connectivity index (χ1n) is 8.81. The Morgan fingerprint density at radius 1 is 0.731 bits per heavy atom. The molecule has 0 bridgehead atoms. The van der Waals surface area contributed by atoms with E-state index in [-0.39, 0.29) is 0 Å². The molecule has 6 heteroatoms. The standard InChI is InChI=1S/C20H22N6/c1-13-9-15(3)23-19(17(13)11-21)25-5-7-26(8-6-25)20-18(12-22)14(2)10-16(4)24-20/h9-10H,5-8H2,1-4H3/p+2. The Balaban J connectivity index is 1.86. The minimum atomic E-state index is 0.708. The lowest BCUT2D eigenvalue weighted by atomic mass is 10.1. The van der Waals surface area contributed by atoms with Gasteiger partial charge in [0, 0.05) is 0 Å². The summed E-state index contributed by atoms with van der Waals surface area (Å²) in [4.78, 5) is 11.2. The summed E-state index contributed by atoms with van der Waals surface area (Å²) in [7, 11) is 0. The van der Waals surface area contributed by atoms with E-state index in [0.717, 1.165) is 60.3 Å². The van der Waals surface area contributed by atoms with E-state index in [9.17, 15) is 10.5 Å². The lowest BCUT2D eigenvalue weighted by Crippen LogP contribution is -2.50. The number of nitrogens with zero attached hydrogens (tertiary/aromatic N) is 4. The number of aromatic amines is 2.